The molecule has 0 radical (unpaired) electrons. The zero-order valence-corrected chi connectivity index (χ0v) is 26.3. The molecule has 12 N–H and O–H groups in total. The van der Waals surface area contributed by atoms with E-state index in [9.17, 15) is 24.0 Å². The predicted octanol–water partition coefficient (Wildman–Crippen LogP) is -2.77. The van der Waals surface area contributed by atoms with Crippen molar-refractivity contribution in [3.63, 3.8) is 0 Å². The van der Waals surface area contributed by atoms with Crippen molar-refractivity contribution in [2.75, 3.05) is 33.7 Å². The summed E-state index contributed by atoms with van der Waals surface area (Å²) in [5.41, 5.74) is 0.612. The number of carboxylic acids is 4. The van der Waals surface area contributed by atoms with Gasteiger partial charge in [0.05, 0.1) is 0 Å². The van der Waals surface area contributed by atoms with Crippen molar-refractivity contribution in [1.82, 2.24) is 9.80 Å². The number of likely N-dealkylation sites (tertiary alicyclic amines) is 1. The van der Waals surface area contributed by atoms with Crippen LogP contribution in [0, 0.1) is 5.92 Å². The number of benzene rings is 1. The summed E-state index contributed by atoms with van der Waals surface area (Å²) in [7, 11) is 4.21. The second-order valence-corrected chi connectivity index (χ2v) is 10.5. The maximum absolute atomic E-state index is 12.2. The van der Waals surface area contributed by atoms with Gasteiger partial charge in [-0.05, 0) is 26.6 Å². The van der Waals surface area contributed by atoms with Crippen LogP contribution in [0.1, 0.15) is 39.2 Å². The van der Waals surface area contributed by atoms with Crippen molar-refractivity contribution in [3.05, 3.63) is 35.9 Å². The Balaban J connectivity index is -0.000000704. The number of carbonyl (C=O) groups excluding carboxylic acids is 1. The number of nitrogens with zero attached hydrogens (tertiary/aromatic N) is 2. The summed E-state index contributed by atoms with van der Waals surface area (Å²) in [6, 6.07) is 10.7. The number of rotatable bonds is 12. The molecule has 0 bridgehead atoms. The van der Waals surface area contributed by atoms with Crippen molar-refractivity contribution >= 4 is 29.8 Å². The van der Waals surface area contributed by atoms with Crippen molar-refractivity contribution < 1.29 is 80.5 Å². The molecule has 46 heavy (non-hydrogen) atoms. The van der Waals surface area contributed by atoms with E-state index in [1.807, 2.05) is 25.1 Å². The number of carboxylic acid groups (broad SMARTS) is 4. The maximum atomic E-state index is 12.2. The molecule has 1 aliphatic rings. The molecule has 7 unspecified atom stereocenters. The number of carbonyl (C=O) groups is 5. The van der Waals surface area contributed by atoms with Crippen molar-refractivity contribution in [2.24, 2.45) is 5.92 Å². The van der Waals surface area contributed by atoms with Gasteiger partial charge in [-0.1, -0.05) is 44.2 Å². The fourth-order valence-electron chi connectivity index (χ4n) is 4.23. The van der Waals surface area contributed by atoms with Crippen LogP contribution in [0.5, 0.6) is 0 Å². The Morgan fingerprint density at radius 1 is 0.826 bits per heavy atom. The van der Waals surface area contributed by atoms with Gasteiger partial charge in [0.25, 0.3) is 0 Å². The SMILES string of the molecule is CCC(=O)OC1(c2ccccc2)CC(C)N(CCN(C)C)CC1C.O.O.O=C(O)C(O)C(O)C(=O)O.O=C(O)C(O)C(O)C(=O)O. The maximum Gasteiger partial charge on any atom is 0.335 e. The molecule has 1 fully saturated rings. The van der Waals surface area contributed by atoms with Gasteiger partial charge in [-0.15, -0.1) is 0 Å². The monoisotopic (exact) mass is 668 g/mol. The average Bonchev–Trinajstić information content (AvgIpc) is 2.97. The van der Waals surface area contributed by atoms with Crippen LogP contribution in [0.25, 0.3) is 0 Å². The number of likely N-dealkylation sites (N-methyl/N-ethyl adjacent to an activating group) is 1. The van der Waals surface area contributed by atoms with Gasteiger partial charge in [0.2, 0.25) is 0 Å². The van der Waals surface area contributed by atoms with Crippen molar-refractivity contribution in [3.8, 4) is 0 Å². The third-order valence-electron chi connectivity index (χ3n) is 6.82. The molecule has 7 atom stereocenters. The van der Waals surface area contributed by atoms with E-state index in [1.165, 1.54) is 0 Å². The minimum absolute atomic E-state index is 0. The number of hydrogen-bond acceptors (Lipinski definition) is 12. The van der Waals surface area contributed by atoms with E-state index in [1.54, 1.807) is 0 Å². The number of aliphatic hydroxyl groups excluding tert-OH is 4. The first-order valence-electron chi connectivity index (χ1n) is 13.6. The molecule has 1 saturated heterocycles. The smallest absolute Gasteiger partial charge is 0.335 e. The van der Waals surface area contributed by atoms with Gasteiger partial charge in [-0.3, -0.25) is 9.69 Å². The summed E-state index contributed by atoms with van der Waals surface area (Å²) >= 11 is 0. The fourth-order valence-corrected chi connectivity index (χ4v) is 4.23. The van der Waals surface area contributed by atoms with E-state index in [-0.39, 0.29) is 22.8 Å². The van der Waals surface area contributed by atoms with Gasteiger partial charge in [0.1, 0.15) is 5.60 Å². The molecule has 18 nitrogen and oxygen atoms in total. The average molecular weight is 669 g/mol. The second kappa shape index (κ2) is 21.9. The van der Waals surface area contributed by atoms with Crippen LogP contribution in [-0.4, -0.2) is 156 Å². The number of hydrogen-bond donors (Lipinski definition) is 8. The van der Waals surface area contributed by atoms with Gasteiger partial charge in [0, 0.05) is 44.4 Å². The van der Waals surface area contributed by atoms with Gasteiger partial charge < -0.3 is 61.4 Å². The van der Waals surface area contributed by atoms with E-state index < -0.39 is 53.9 Å². The Kier molecular flexibility index (Phi) is 22.2. The summed E-state index contributed by atoms with van der Waals surface area (Å²) in [4.78, 5) is 56.0. The topological polar surface area (TPSA) is 326 Å². The Hall–Kier alpha value is -3.75. The van der Waals surface area contributed by atoms with Crippen LogP contribution in [0.4, 0.5) is 0 Å². The number of ether oxygens (including phenoxy) is 1. The highest BCUT2D eigenvalue weighted by Gasteiger charge is 2.47. The molecule has 1 heterocycles. The quantitative estimate of drug-likeness (QED) is 0.104. The molecule has 0 amide bonds. The highest BCUT2D eigenvalue weighted by atomic mass is 16.6. The molecule has 0 aromatic heterocycles. The van der Waals surface area contributed by atoms with Crippen LogP contribution in [-0.2, 0) is 34.3 Å². The van der Waals surface area contributed by atoms with E-state index >= 15 is 0 Å². The molecule has 0 saturated carbocycles. The van der Waals surface area contributed by atoms with Crippen molar-refractivity contribution in [1.29, 1.82) is 0 Å². The molecule has 1 aromatic carbocycles. The molecule has 18 heteroatoms. The summed E-state index contributed by atoms with van der Waals surface area (Å²) < 4.78 is 6.09. The summed E-state index contributed by atoms with van der Waals surface area (Å²) in [6.45, 7) is 9.36. The summed E-state index contributed by atoms with van der Waals surface area (Å²) in [5, 5.41) is 65.1. The van der Waals surface area contributed by atoms with Crippen LogP contribution in [0.3, 0.4) is 0 Å². The predicted molar refractivity (Wildman–Crippen MR) is 160 cm³/mol. The first-order valence-corrected chi connectivity index (χ1v) is 13.6. The third kappa shape index (κ3) is 14.6. The Bertz CT molecular complexity index is 1020. The lowest BCUT2D eigenvalue weighted by Gasteiger charge is -2.49. The molecular formula is C28H48N2O16. The van der Waals surface area contributed by atoms with Gasteiger partial charge in [0.15, 0.2) is 24.4 Å². The first kappa shape index (κ1) is 46.7. The Morgan fingerprint density at radius 3 is 1.54 bits per heavy atom. The highest BCUT2D eigenvalue weighted by molar-refractivity contribution is 5.83. The molecule has 0 spiro atoms. The molecule has 0 aliphatic carbocycles. The minimum atomic E-state index is -2.27. The Morgan fingerprint density at radius 2 is 1.22 bits per heavy atom. The lowest BCUT2D eigenvalue weighted by atomic mass is 9.74. The molecule has 2 rings (SSSR count). The molecule has 266 valence electrons. The Labute approximate surface area is 265 Å². The number of aliphatic hydroxyl groups is 4. The minimum Gasteiger partial charge on any atom is -0.479 e. The van der Waals surface area contributed by atoms with Crippen LogP contribution >= 0.6 is 0 Å². The largest absolute Gasteiger partial charge is 0.479 e. The van der Waals surface area contributed by atoms with Crippen LogP contribution in [0.15, 0.2) is 30.3 Å². The highest BCUT2D eigenvalue weighted by Crippen LogP contribution is 2.43. The van der Waals surface area contributed by atoms with E-state index in [0.717, 1.165) is 31.6 Å². The lowest BCUT2D eigenvalue weighted by Crippen LogP contribution is -2.55. The van der Waals surface area contributed by atoms with Gasteiger partial charge in [-0.25, -0.2) is 19.2 Å². The molecule has 1 aromatic rings. The lowest BCUT2D eigenvalue weighted by molar-refractivity contribution is -0.178. The first-order chi connectivity index (χ1) is 20.3. The standard InChI is InChI=1S/C20H32N2O2.2C4H6O6.2H2O/c1-6-19(23)24-20(18-10-8-7-9-11-18)14-17(3)22(15-16(20)2)13-12-21(4)5;2*5-1(3(7)8)2(6)4(9)10;;/h7-11,16-17H,6,12-15H2,1-5H3;2*1-2,5-6H,(H,7,8)(H,9,10);2*1H2. The van der Waals surface area contributed by atoms with Crippen molar-refractivity contribution in [2.45, 2.75) is 69.7 Å². The van der Waals surface area contributed by atoms with Crippen LogP contribution < -0.4 is 0 Å². The fraction of sp³-hybridized carbons (Fsp3) is 0.607. The van der Waals surface area contributed by atoms with Gasteiger partial charge in [-0.2, -0.15) is 0 Å². The third-order valence-corrected chi connectivity index (χ3v) is 6.82. The van der Waals surface area contributed by atoms with Crippen LogP contribution in [0.2, 0.25) is 0 Å². The summed E-state index contributed by atoms with van der Waals surface area (Å²) in [5.74, 6) is -6.93. The number of piperidine rings is 1. The van der Waals surface area contributed by atoms with E-state index in [2.05, 4.69) is 49.9 Å². The molecule has 1 aliphatic heterocycles. The second-order valence-electron chi connectivity index (χ2n) is 10.5. The van der Waals surface area contributed by atoms with E-state index in [0.29, 0.717) is 12.5 Å². The van der Waals surface area contributed by atoms with E-state index in [4.69, 9.17) is 45.6 Å². The van der Waals surface area contributed by atoms with Gasteiger partial charge >= 0.3 is 29.8 Å². The number of aliphatic carboxylic acids is 4. The zero-order chi connectivity index (χ0) is 34.4. The number of esters is 1. The zero-order valence-electron chi connectivity index (χ0n) is 26.3. The molecular weight excluding hydrogens is 620 g/mol. The summed E-state index contributed by atoms with van der Waals surface area (Å²) in [6.07, 6.45) is -7.80. The normalized spacial score (nSPS) is 21.5.